The zero-order valence-electron chi connectivity index (χ0n) is 12.1. The molecule has 4 nitrogen and oxygen atoms in total. The maximum atomic E-state index is 10.6. The van der Waals surface area contributed by atoms with Crippen molar-refractivity contribution in [2.75, 3.05) is 19.8 Å². The lowest BCUT2D eigenvalue weighted by Crippen LogP contribution is -2.26. The minimum Gasteiger partial charge on any atom is -0.466 e. The third kappa shape index (κ3) is 12.1. The highest BCUT2D eigenvalue weighted by Crippen LogP contribution is 2.01. The van der Waals surface area contributed by atoms with E-state index in [0.29, 0.717) is 6.61 Å². The van der Waals surface area contributed by atoms with Crippen LogP contribution >= 0.6 is 0 Å². The number of carbonyl (C=O) groups is 1. The van der Waals surface area contributed by atoms with Crippen molar-refractivity contribution >= 4 is 15.5 Å². The van der Waals surface area contributed by atoms with Gasteiger partial charge in [0.15, 0.2) is 0 Å². The molecule has 0 rings (SSSR count). The van der Waals surface area contributed by atoms with Crippen molar-refractivity contribution < 1.29 is 19.0 Å². The molecule has 18 heavy (non-hydrogen) atoms. The molecule has 0 spiro atoms. The van der Waals surface area contributed by atoms with E-state index in [9.17, 15) is 4.79 Å². The molecule has 0 aliphatic heterocycles. The highest BCUT2D eigenvalue weighted by molar-refractivity contribution is 6.36. The Morgan fingerprint density at radius 2 is 1.61 bits per heavy atom. The molecule has 0 aromatic carbocycles. The third-order valence-electron chi connectivity index (χ3n) is 2.49. The van der Waals surface area contributed by atoms with Crippen LogP contribution in [0.25, 0.3) is 0 Å². The summed E-state index contributed by atoms with van der Waals surface area (Å²) in [7, 11) is -0.495. The van der Waals surface area contributed by atoms with Gasteiger partial charge in [0.05, 0.1) is 16.1 Å². The number of esters is 1. The maximum Gasteiger partial charge on any atom is 0.302 e. The van der Waals surface area contributed by atoms with Gasteiger partial charge in [-0.05, 0) is 18.9 Å². The predicted octanol–water partition coefficient (Wildman–Crippen LogP) is 2.05. The van der Waals surface area contributed by atoms with Crippen LogP contribution < -0.4 is 0 Å². The first-order chi connectivity index (χ1) is 8.70. The van der Waals surface area contributed by atoms with Gasteiger partial charge in [-0.2, -0.15) is 0 Å². The fourth-order valence-corrected chi connectivity index (χ4v) is 2.71. The summed E-state index contributed by atoms with van der Waals surface area (Å²) < 4.78 is 16.4. The summed E-state index contributed by atoms with van der Waals surface area (Å²) >= 11 is 0. The normalized spacial score (nSPS) is 11.6. The Morgan fingerprint density at radius 1 is 1.06 bits per heavy atom. The molecule has 0 unspecified atom stereocenters. The number of ether oxygens (including phenoxy) is 3. The first kappa shape index (κ1) is 17.6. The zero-order chi connectivity index (χ0) is 13.6. The number of hydrogen-bond donors (Lipinski definition) is 0. The number of hydrogen-bond acceptors (Lipinski definition) is 4. The maximum absolute atomic E-state index is 10.6. The van der Waals surface area contributed by atoms with Crippen LogP contribution in [0.4, 0.5) is 0 Å². The Morgan fingerprint density at radius 3 is 2.06 bits per heavy atom. The molecule has 0 fully saturated rings. The summed E-state index contributed by atoms with van der Waals surface area (Å²) in [5.41, 5.74) is 0. The van der Waals surface area contributed by atoms with Crippen LogP contribution in [0.3, 0.4) is 0 Å². The fourth-order valence-electron chi connectivity index (χ4n) is 1.40. The smallest absolute Gasteiger partial charge is 0.302 e. The summed E-state index contributed by atoms with van der Waals surface area (Å²) in [6.07, 6.45) is 4.42. The van der Waals surface area contributed by atoms with Crippen molar-refractivity contribution in [1.82, 2.24) is 0 Å². The van der Waals surface area contributed by atoms with Crippen molar-refractivity contribution in [3.05, 3.63) is 0 Å². The van der Waals surface area contributed by atoms with Gasteiger partial charge in [-0.15, -0.1) is 0 Å². The molecule has 0 N–H and O–H groups in total. The summed E-state index contributed by atoms with van der Waals surface area (Å²) in [5.74, 6) is -0.224. The molecule has 0 aliphatic rings. The molecule has 0 heterocycles. The molecule has 0 saturated heterocycles. The summed E-state index contributed by atoms with van der Waals surface area (Å²) in [6.45, 7) is 7.78. The van der Waals surface area contributed by atoms with Gasteiger partial charge in [0.25, 0.3) is 0 Å². The lowest BCUT2D eigenvalue weighted by molar-refractivity contribution is -0.140. The fraction of sp³-hybridized carbons (Fsp3) is 0.923. The van der Waals surface area contributed by atoms with E-state index < -0.39 is 9.52 Å². The molecule has 108 valence electrons. The highest BCUT2D eigenvalue weighted by atomic mass is 28.2. The van der Waals surface area contributed by atoms with Crippen molar-refractivity contribution in [1.29, 1.82) is 0 Å². The van der Waals surface area contributed by atoms with Crippen LogP contribution in [0.2, 0.25) is 6.04 Å². The molecule has 5 heteroatoms. The van der Waals surface area contributed by atoms with E-state index in [1.807, 2.05) is 0 Å². The monoisotopic (exact) mass is 276 g/mol. The average Bonchev–Trinajstić information content (AvgIpc) is 2.34. The Labute approximate surface area is 113 Å². The molecule has 0 bridgehead atoms. The number of carbonyl (C=O) groups excluding carboxylic acids is 1. The van der Waals surface area contributed by atoms with Gasteiger partial charge in [-0.25, -0.2) is 0 Å². The van der Waals surface area contributed by atoms with Crippen molar-refractivity contribution in [3.8, 4) is 0 Å². The van der Waals surface area contributed by atoms with Gasteiger partial charge < -0.3 is 14.2 Å². The molecule has 0 aliphatic carbocycles. The lowest BCUT2D eigenvalue weighted by atomic mass is 10.4. The Hall–Kier alpha value is -0.393. The van der Waals surface area contributed by atoms with Crippen LogP contribution in [0, 0.1) is 0 Å². The van der Waals surface area contributed by atoms with Crippen LogP contribution in [0.1, 0.15) is 46.5 Å². The predicted molar refractivity (Wildman–Crippen MR) is 75.5 cm³/mol. The first-order valence-electron chi connectivity index (χ1n) is 7.07. The number of rotatable bonds is 12. The van der Waals surface area contributed by atoms with Gasteiger partial charge in [0, 0.05) is 20.1 Å². The van der Waals surface area contributed by atoms with Gasteiger partial charge in [0.1, 0.15) is 5.91 Å². The SMILES string of the molecule is CCCCOC(OCCCC)[SiH2]CCOC(C)=O. The average molecular weight is 276 g/mol. The van der Waals surface area contributed by atoms with Gasteiger partial charge in [-0.1, -0.05) is 26.7 Å². The van der Waals surface area contributed by atoms with E-state index >= 15 is 0 Å². The standard InChI is InChI=1S/C13H28O4Si/c1-4-6-8-16-13(17-9-7-5-2)18-11-10-15-12(3)14/h13H,4-11,18H2,1-3H3. The van der Waals surface area contributed by atoms with Crippen LogP contribution in [-0.2, 0) is 19.0 Å². The molecular weight excluding hydrogens is 248 g/mol. The van der Waals surface area contributed by atoms with E-state index in [1.54, 1.807) is 0 Å². The molecule has 0 radical (unpaired) electrons. The Balaban J connectivity index is 3.69. The third-order valence-corrected chi connectivity index (χ3v) is 4.13. The van der Waals surface area contributed by atoms with Gasteiger partial charge in [-0.3, -0.25) is 4.79 Å². The second-order valence-corrected chi connectivity index (χ2v) is 6.31. The molecule has 0 aromatic heterocycles. The van der Waals surface area contributed by atoms with E-state index in [4.69, 9.17) is 14.2 Å². The van der Waals surface area contributed by atoms with E-state index in [2.05, 4.69) is 13.8 Å². The molecule has 0 saturated carbocycles. The number of unbranched alkanes of at least 4 members (excludes halogenated alkanes) is 2. The van der Waals surface area contributed by atoms with Crippen LogP contribution in [-0.4, -0.2) is 41.2 Å². The summed E-state index contributed by atoms with van der Waals surface area (Å²) in [6, 6.07) is 0.919. The Kier molecular flexibility index (Phi) is 12.8. The van der Waals surface area contributed by atoms with Crippen molar-refractivity contribution in [2.24, 2.45) is 0 Å². The van der Waals surface area contributed by atoms with Gasteiger partial charge >= 0.3 is 5.97 Å². The molecule has 0 aromatic rings. The van der Waals surface area contributed by atoms with Crippen molar-refractivity contribution in [3.63, 3.8) is 0 Å². The first-order valence-corrected chi connectivity index (χ1v) is 8.88. The molecule has 0 amide bonds. The van der Waals surface area contributed by atoms with Crippen LogP contribution in [0.15, 0.2) is 0 Å². The Bertz CT molecular complexity index is 189. The zero-order valence-corrected chi connectivity index (χ0v) is 13.5. The van der Waals surface area contributed by atoms with E-state index in [0.717, 1.165) is 44.9 Å². The van der Waals surface area contributed by atoms with Crippen LogP contribution in [0.5, 0.6) is 0 Å². The summed E-state index contributed by atoms with van der Waals surface area (Å²) in [5, 5.41) is 0. The van der Waals surface area contributed by atoms with Gasteiger partial charge in [0.2, 0.25) is 0 Å². The lowest BCUT2D eigenvalue weighted by Gasteiger charge is -2.18. The van der Waals surface area contributed by atoms with Crippen molar-refractivity contribution in [2.45, 2.75) is 58.4 Å². The quantitative estimate of drug-likeness (QED) is 0.237. The minimum atomic E-state index is -0.495. The molecular formula is C13H28O4Si. The molecule has 0 atom stereocenters. The second kappa shape index (κ2) is 13.0. The van der Waals surface area contributed by atoms with E-state index in [-0.39, 0.29) is 11.9 Å². The summed E-state index contributed by atoms with van der Waals surface area (Å²) in [4.78, 5) is 10.6. The van der Waals surface area contributed by atoms with E-state index in [1.165, 1.54) is 6.92 Å². The highest BCUT2D eigenvalue weighted by Gasteiger charge is 2.09. The largest absolute Gasteiger partial charge is 0.466 e. The topological polar surface area (TPSA) is 44.8 Å². The minimum absolute atomic E-state index is 0.0151. The second-order valence-electron chi connectivity index (χ2n) is 4.36.